The molecule has 1 aliphatic heterocycles. The summed E-state index contributed by atoms with van der Waals surface area (Å²) in [7, 11) is 0. The summed E-state index contributed by atoms with van der Waals surface area (Å²) in [5, 5.41) is 19.7. The monoisotopic (exact) mass is 332 g/mol. The minimum Gasteiger partial charge on any atom is -0.458 e. The number of ether oxygens (including phenoxy) is 1. The molecule has 4 nitrogen and oxygen atoms in total. The maximum atomic E-state index is 11.9. The van der Waals surface area contributed by atoms with Crippen molar-refractivity contribution in [1.82, 2.24) is 0 Å². The molecule has 0 unspecified atom stereocenters. The lowest BCUT2D eigenvalue weighted by Gasteiger charge is -2.19. The van der Waals surface area contributed by atoms with Crippen molar-refractivity contribution in [2.24, 2.45) is 5.92 Å². The van der Waals surface area contributed by atoms with Crippen molar-refractivity contribution < 1.29 is 19.7 Å². The van der Waals surface area contributed by atoms with Crippen LogP contribution in [0, 0.1) is 5.92 Å². The zero-order valence-electron chi connectivity index (χ0n) is 14.5. The van der Waals surface area contributed by atoms with Crippen LogP contribution in [0.25, 0.3) is 0 Å². The number of hydrogen-bond acceptors (Lipinski definition) is 4. The summed E-state index contributed by atoms with van der Waals surface area (Å²) in [6.07, 6.45) is 7.39. The van der Waals surface area contributed by atoms with Crippen LogP contribution < -0.4 is 0 Å². The molecular formula is C20H28O4. The molecule has 2 rings (SSSR count). The molecule has 0 spiro atoms. The molecule has 24 heavy (non-hydrogen) atoms. The van der Waals surface area contributed by atoms with Gasteiger partial charge in [-0.2, -0.15) is 0 Å². The molecule has 1 aliphatic carbocycles. The van der Waals surface area contributed by atoms with Gasteiger partial charge in [0.1, 0.15) is 6.10 Å². The van der Waals surface area contributed by atoms with Crippen LogP contribution >= 0.6 is 0 Å². The Hall–Kier alpha value is -1.65. The lowest BCUT2D eigenvalue weighted by molar-refractivity contribution is -0.139. The van der Waals surface area contributed by atoms with Crippen molar-refractivity contribution in [3.05, 3.63) is 47.6 Å². The van der Waals surface area contributed by atoms with E-state index in [1.807, 2.05) is 13.0 Å². The minimum atomic E-state index is -0.546. The van der Waals surface area contributed by atoms with Crippen LogP contribution in [0.2, 0.25) is 0 Å². The molecule has 1 fully saturated rings. The third-order valence-corrected chi connectivity index (χ3v) is 4.97. The van der Waals surface area contributed by atoms with E-state index in [9.17, 15) is 15.0 Å². The molecule has 2 aliphatic rings. The van der Waals surface area contributed by atoms with Gasteiger partial charge in [0, 0.05) is 17.9 Å². The van der Waals surface area contributed by atoms with Crippen LogP contribution in [0.1, 0.15) is 45.4 Å². The molecule has 1 heterocycles. The number of fused-ring (bicyclic) bond motifs is 1. The molecular weight excluding hydrogens is 304 g/mol. The number of rotatable bonds is 1. The van der Waals surface area contributed by atoms with Gasteiger partial charge in [-0.05, 0) is 50.2 Å². The highest BCUT2D eigenvalue weighted by molar-refractivity contribution is 5.90. The molecule has 1 saturated heterocycles. The molecule has 4 heteroatoms. The van der Waals surface area contributed by atoms with Crippen molar-refractivity contribution >= 4 is 5.97 Å². The Bertz CT molecular complexity index is 570. The molecule has 0 bridgehead atoms. The summed E-state index contributed by atoms with van der Waals surface area (Å²) in [6.45, 7) is 9.84. The van der Waals surface area contributed by atoms with Gasteiger partial charge < -0.3 is 14.9 Å². The van der Waals surface area contributed by atoms with Crippen molar-refractivity contribution in [1.29, 1.82) is 0 Å². The lowest BCUT2D eigenvalue weighted by Crippen LogP contribution is -2.17. The van der Waals surface area contributed by atoms with Crippen LogP contribution in [0.5, 0.6) is 0 Å². The van der Waals surface area contributed by atoms with Crippen LogP contribution in [-0.4, -0.2) is 35.0 Å². The highest BCUT2D eigenvalue weighted by atomic mass is 16.6. The van der Waals surface area contributed by atoms with Gasteiger partial charge in [0.25, 0.3) is 0 Å². The molecule has 0 saturated carbocycles. The summed E-state index contributed by atoms with van der Waals surface area (Å²) in [5.41, 5.74) is 3.38. The van der Waals surface area contributed by atoms with Crippen LogP contribution in [0.4, 0.5) is 0 Å². The first-order valence-corrected chi connectivity index (χ1v) is 8.62. The maximum absolute atomic E-state index is 11.9. The van der Waals surface area contributed by atoms with Crippen molar-refractivity contribution in [2.75, 3.05) is 6.61 Å². The van der Waals surface area contributed by atoms with Crippen LogP contribution in [0.15, 0.2) is 47.6 Å². The second-order valence-corrected chi connectivity index (χ2v) is 6.84. The van der Waals surface area contributed by atoms with Crippen LogP contribution in [0.3, 0.4) is 0 Å². The fraction of sp³-hybridized carbons (Fsp3) is 0.550. The predicted octanol–water partition coefficient (Wildman–Crippen LogP) is 3.22. The van der Waals surface area contributed by atoms with Crippen molar-refractivity contribution in [3.8, 4) is 0 Å². The summed E-state index contributed by atoms with van der Waals surface area (Å²) < 4.78 is 5.49. The van der Waals surface area contributed by atoms with E-state index < -0.39 is 6.10 Å². The maximum Gasteiger partial charge on any atom is 0.334 e. The highest BCUT2D eigenvalue weighted by Crippen LogP contribution is 2.34. The second kappa shape index (κ2) is 8.45. The smallest absolute Gasteiger partial charge is 0.334 e. The van der Waals surface area contributed by atoms with Gasteiger partial charge in [0.2, 0.25) is 0 Å². The van der Waals surface area contributed by atoms with E-state index >= 15 is 0 Å². The Labute approximate surface area is 144 Å². The fourth-order valence-electron chi connectivity index (χ4n) is 3.29. The SMILES string of the molecule is C=C1C(=O)O[C@H]2CC(C)=CCCC(=C)[C@@H](O)CCC(CO)=CC[C@H]12. The number of carbonyl (C=O) groups excluding carboxylic acids is 1. The average Bonchev–Trinajstić information content (AvgIpc) is 2.80. The van der Waals surface area contributed by atoms with Gasteiger partial charge in [-0.15, -0.1) is 0 Å². The average molecular weight is 332 g/mol. The van der Waals surface area contributed by atoms with Gasteiger partial charge in [0.15, 0.2) is 0 Å². The van der Waals surface area contributed by atoms with E-state index in [0.29, 0.717) is 31.3 Å². The second-order valence-electron chi connectivity index (χ2n) is 6.84. The van der Waals surface area contributed by atoms with E-state index in [0.717, 1.165) is 24.0 Å². The first kappa shape index (κ1) is 18.7. The molecule has 0 aromatic heterocycles. The van der Waals surface area contributed by atoms with E-state index in [1.165, 1.54) is 5.57 Å². The quantitative estimate of drug-likeness (QED) is 0.439. The normalized spacial score (nSPS) is 30.1. The first-order valence-electron chi connectivity index (χ1n) is 8.62. The third kappa shape index (κ3) is 4.68. The van der Waals surface area contributed by atoms with E-state index in [1.54, 1.807) is 0 Å². The standard InChI is InChI=1S/C20H28O4/c1-13-5-4-6-14(2)18(22)10-8-16(12-21)7-9-17-15(3)20(23)24-19(17)11-13/h5,7,17-19,21-22H,2-4,6,8-12H2,1H3/t17-,18+,19+/m1/s1. The molecule has 132 valence electrons. The van der Waals surface area contributed by atoms with Gasteiger partial charge in [-0.25, -0.2) is 4.79 Å². The number of aliphatic hydroxyl groups excluding tert-OH is 2. The Balaban J connectivity index is 2.22. The molecule has 2 N–H and O–H groups in total. The van der Waals surface area contributed by atoms with E-state index in [2.05, 4.69) is 19.2 Å². The Morgan fingerprint density at radius 1 is 1.29 bits per heavy atom. The van der Waals surface area contributed by atoms with E-state index in [4.69, 9.17) is 4.74 Å². The predicted molar refractivity (Wildman–Crippen MR) is 94.3 cm³/mol. The molecule has 0 aromatic rings. The summed E-state index contributed by atoms with van der Waals surface area (Å²) in [4.78, 5) is 11.9. The Morgan fingerprint density at radius 2 is 2.04 bits per heavy atom. The van der Waals surface area contributed by atoms with Gasteiger partial charge in [0.05, 0.1) is 12.7 Å². The number of aliphatic hydroxyl groups is 2. The van der Waals surface area contributed by atoms with Gasteiger partial charge in [-0.1, -0.05) is 30.9 Å². The number of allylic oxidation sites excluding steroid dienone is 2. The summed E-state index contributed by atoms with van der Waals surface area (Å²) >= 11 is 0. The highest BCUT2D eigenvalue weighted by Gasteiger charge is 2.37. The van der Waals surface area contributed by atoms with E-state index in [-0.39, 0.29) is 24.6 Å². The zero-order chi connectivity index (χ0) is 17.7. The Kier molecular flexibility index (Phi) is 6.58. The summed E-state index contributed by atoms with van der Waals surface area (Å²) in [5.74, 6) is -0.366. The minimum absolute atomic E-state index is 0.0448. The topological polar surface area (TPSA) is 66.8 Å². The molecule has 0 radical (unpaired) electrons. The van der Waals surface area contributed by atoms with Crippen LogP contribution in [-0.2, 0) is 9.53 Å². The van der Waals surface area contributed by atoms with Crippen molar-refractivity contribution in [3.63, 3.8) is 0 Å². The van der Waals surface area contributed by atoms with Gasteiger partial charge >= 0.3 is 5.97 Å². The molecule has 0 aromatic carbocycles. The van der Waals surface area contributed by atoms with Gasteiger partial charge in [-0.3, -0.25) is 0 Å². The third-order valence-electron chi connectivity index (χ3n) is 4.97. The fourth-order valence-corrected chi connectivity index (χ4v) is 3.29. The zero-order valence-corrected chi connectivity index (χ0v) is 14.5. The molecule has 0 amide bonds. The Morgan fingerprint density at radius 3 is 2.75 bits per heavy atom. The molecule has 3 atom stereocenters. The lowest BCUT2D eigenvalue weighted by atomic mass is 9.88. The number of esters is 1. The number of carbonyl (C=O) groups is 1. The first-order chi connectivity index (χ1) is 11.4. The van der Waals surface area contributed by atoms with Crippen molar-refractivity contribution in [2.45, 2.75) is 57.7 Å². The number of hydrogen-bond donors (Lipinski definition) is 2. The summed E-state index contributed by atoms with van der Waals surface area (Å²) in [6, 6.07) is 0. The largest absolute Gasteiger partial charge is 0.458 e.